The Morgan fingerprint density at radius 3 is 1.57 bits per heavy atom. The van der Waals surface area contributed by atoms with E-state index in [2.05, 4.69) is 11.7 Å². The van der Waals surface area contributed by atoms with Crippen molar-refractivity contribution in [1.29, 1.82) is 0 Å². The molecule has 0 aliphatic rings. The molecule has 0 aromatic carbocycles. The fourth-order valence-electron chi connectivity index (χ4n) is 3.91. The second-order valence-corrected chi connectivity index (χ2v) is 9.71. The summed E-state index contributed by atoms with van der Waals surface area (Å²) < 4.78 is 9.19. The van der Waals surface area contributed by atoms with Crippen molar-refractivity contribution in [3.8, 4) is 0 Å². The summed E-state index contributed by atoms with van der Waals surface area (Å²) in [6, 6.07) is 0. The first-order valence-electron chi connectivity index (χ1n) is 13.8. The van der Waals surface area contributed by atoms with Gasteiger partial charge in [-0.15, -0.1) is 0 Å². The molecule has 10 nitrogen and oxygen atoms in total. The topological polar surface area (TPSA) is 168 Å². The maximum atomic E-state index is 12.0. The molecule has 0 aromatic rings. The lowest BCUT2D eigenvalue weighted by Gasteiger charge is -2.23. The fraction of sp³-hybridized carbons (Fsp3) is 0.852. The smallest absolute Gasteiger partial charge is 0.347 e. The number of aliphatic hydroxyl groups is 3. The third-order valence-electron chi connectivity index (χ3n) is 6.16. The normalized spacial score (nSPS) is 13.5. The highest BCUT2D eigenvalue weighted by Gasteiger charge is 2.44. The molecule has 0 rings (SSSR count). The standard InChI is InChI=1S/C27H48O10/c1-2-3-4-5-6-7-8-9-10-11-12-13-14-15-16-17-18-36-24(32)20-27(35,19-23(30)31)26(34)37-25(33)22(29)21-28/h22,28-29,35H,2-21H2,1H3,(H,30,31). The number of aliphatic hydroxyl groups excluding tert-OH is 2. The van der Waals surface area contributed by atoms with Crippen LogP contribution in [0.2, 0.25) is 0 Å². The first-order valence-corrected chi connectivity index (χ1v) is 13.8. The van der Waals surface area contributed by atoms with Crippen LogP contribution in [0, 0.1) is 0 Å². The zero-order chi connectivity index (χ0) is 27.9. The summed E-state index contributed by atoms with van der Waals surface area (Å²) in [4.78, 5) is 46.5. The molecule has 0 aliphatic heterocycles. The van der Waals surface area contributed by atoms with Gasteiger partial charge in [-0.1, -0.05) is 103 Å². The molecule has 0 saturated carbocycles. The maximum absolute atomic E-state index is 12.0. The number of hydrogen-bond donors (Lipinski definition) is 4. The molecule has 0 aromatic heterocycles. The molecule has 216 valence electrons. The Morgan fingerprint density at radius 2 is 1.16 bits per heavy atom. The van der Waals surface area contributed by atoms with Crippen molar-refractivity contribution in [2.75, 3.05) is 13.2 Å². The third-order valence-corrected chi connectivity index (χ3v) is 6.16. The van der Waals surface area contributed by atoms with Crippen molar-refractivity contribution in [3.63, 3.8) is 0 Å². The molecule has 2 unspecified atom stereocenters. The highest BCUT2D eigenvalue weighted by molar-refractivity contribution is 5.96. The Kier molecular flexibility index (Phi) is 20.8. The molecule has 0 fully saturated rings. The minimum atomic E-state index is -2.84. The van der Waals surface area contributed by atoms with E-state index >= 15 is 0 Å². The number of carboxylic acid groups (broad SMARTS) is 1. The van der Waals surface area contributed by atoms with Crippen LogP contribution in [0.25, 0.3) is 0 Å². The van der Waals surface area contributed by atoms with Crippen molar-refractivity contribution in [2.45, 2.75) is 134 Å². The van der Waals surface area contributed by atoms with Crippen LogP contribution in [-0.2, 0) is 28.7 Å². The first kappa shape index (κ1) is 35.0. The molecule has 2 atom stereocenters. The number of carbonyl (C=O) groups is 4. The lowest BCUT2D eigenvalue weighted by Crippen LogP contribution is -2.46. The van der Waals surface area contributed by atoms with Crippen molar-refractivity contribution >= 4 is 23.9 Å². The Hall–Kier alpha value is -2.04. The molecule has 37 heavy (non-hydrogen) atoms. The van der Waals surface area contributed by atoms with Gasteiger partial charge in [0.05, 0.1) is 26.1 Å². The molecular weight excluding hydrogens is 484 g/mol. The van der Waals surface area contributed by atoms with Crippen molar-refractivity contribution < 1.29 is 49.1 Å². The van der Waals surface area contributed by atoms with Gasteiger partial charge in [-0.25, -0.2) is 9.59 Å². The van der Waals surface area contributed by atoms with E-state index < -0.39 is 55.0 Å². The number of hydrogen-bond acceptors (Lipinski definition) is 9. The molecule has 0 saturated heterocycles. The summed E-state index contributed by atoms with van der Waals surface area (Å²) in [7, 11) is 0. The van der Waals surface area contributed by atoms with E-state index in [1.165, 1.54) is 77.0 Å². The summed E-state index contributed by atoms with van der Waals surface area (Å²) in [6.45, 7) is 1.25. The van der Waals surface area contributed by atoms with Crippen LogP contribution < -0.4 is 0 Å². The molecule has 4 N–H and O–H groups in total. The van der Waals surface area contributed by atoms with E-state index in [4.69, 9.17) is 20.1 Å². The number of rotatable bonds is 24. The van der Waals surface area contributed by atoms with E-state index in [1.807, 2.05) is 0 Å². The quantitative estimate of drug-likeness (QED) is 0.0815. The van der Waals surface area contributed by atoms with E-state index in [-0.39, 0.29) is 6.61 Å². The maximum Gasteiger partial charge on any atom is 0.347 e. The Morgan fingerprint density at radius 1 is 0.730 bits per heavy atom. The predicted octanol–water partition coefficient (Wildman–Crippen LogP) is 3.81. The molecule has 0 amide bonds. The van der Waals surface area contributed by atoms with Gasteiger partial charge in [0, 0.05) is 0 Å². The Labute approximate surface area is 220 Å². The molecule has 0 spiro atoms. The largest absolute Gasteiger partial charge is 0.481 e. The van der Waals surface area contributed by atoms with Gasteiger partial charge in [0.15, 0.2) is 11.7 Å². The summed E-state index contributed by atoms with van der Waals surface area (Å²) in [5.41, 5.74) is -2.84. The van der Waals surface area contributed by atoms with Crippen LogP contribution in [0.15, 0.2) is 0 Å². The van der Waals surface area contributed by atoms with Gasteiger partial charge >= 0.3 is 23.9 Å². The Bertz CT molecular complexity index is 651. The van der Waals surface area contributed by atoms with Crippen molar-refractivity contribution in [3.05, 3.63) is 0 Å². The number of carboxylic acids is 1. The van der Waals surface area contributed by atoms with E-state index in [1.54, 1.807) is 0 Å². The van der Waals surface area contributed by atoms with Crippen LogP contribution in [0.5, 0.6) is 0 Å². The van der Waals surface area contributed by atoms with E-state index in [0.717, 1.165) is 19.3 Å². The van der Waals surface area contributed by atoms with E-state index in [0.29, 0.717) is 6.42 Å². The minimum absolute atomic E-state index is 0.0532. The average molecular weight is 533 g/mol. The van der Waals surface area contributed by atoms with Gasteiger partial charge < -0.3 is 29.9 Å². The van der Waals surface area contributed by atoms with Crippen LogP contribution in [0.3, 0.4) is 0 Å². The van der Waals surface area contributed by atoms with Gasteiger partial charge in [-0.2, -0.15) is 0 Å². The molecule has 0 aliphatic carbocycles. The van der Waals surface area contributed by atoms with Crippen LogP contribution in [0.4, 0.5) is 0 Å². The summed E-state index contributed by atoms with van der Waals surface area (Å²) in [6.07, 6.45) is 15.0. The zero-order valence-electron chi connectivity index (χ0n) is 22.5. The van der Waals surface area contributed by atoms with Crippen molar-refractivity contribution in [1.82, 2.24) is 0 Å². The van der Waals surface area contributed by atoms with Gasteiger partial charge in [-0.3, -0.25) is 9.59 Å². The monoisotopic (exact) mass is 532 g/mol. The summed E-state index contributed by atoms with van der Waals surface area (Å²) in [5, 5.41) is 37.1. The highest BCUT2D eigenvalue weighted by atomic mass is 16.6. The lowest BCUT2D eigenvalue weighted by molar-refractivity contribution is -0.185. The average Bonchev–Trinajstić information content (AvgIpc) is 2.84. The molecule has 10 heteroatoms. The van der Waals surface area contributed by atoms with Crippen molar-refractivity contribution in [2.24, 2.45) is 0 Å². The zero-order valence-corrected chi connectivity index (χ0v) is 22.5. The van der Waals surface area contributed by atoms with Crippen LogP contribution in [-0.4, -0.2) is 69.2 Å². The van der Waals surface area contributed by atoms with E-state index in [9.17, 15) is 24.3 Å². The summed E-state index contributed by atoms with van der Waals surface area (Å²) >= 11 is 0. The first-order chi connectivity index (χ1) is 17.7. The lowest BCUT2D eigenvalue weighted by atomic mass is 9.95. The number of esters is 3. The van der Waals surface area contributed by atoms with Gasteiger partial charge in [-0.05, 0) is 6.42 Å². The second kappa shape index (κ2) is 22.0. The van der Waals surface area contributed by atoms with Crippen LogP contribution >= 0.6 is 0 Å². The fourth-order valence-corrected chi connectivity index (χ4v) is 3.91. The number of aliphatic carboxylic acids is 1. The number of ether oxygens (including phenoxy) is 2. The van der Waals surface area contributed by atoms with Gasteiger partial charge in [0.1, 0.15) is 0 Å². The van der Waals surface area contributed by atoms with Gasteiger partial charge in [0.25, 0.3) is 0 Å². The predicted molar refractivity (Wildman–Crippen MR) is 137 cm³/mol. The second-order valence-electron chi connectivity index (χ2n) is 9.71. The summed E-state index contributed by atoms with van der Waals surface area (Å²) in [5.74, 6) is -5.92. The Balaban J connectivity index is 3.93. The number of unbranched alkanes of at least 4 members (excludes halogenated alkanes) is 15. The molecule has 0 heterocycles. The van der Waals surface area contributed by atoms with Crippen LogP contribution in [0.1, 0.15) is 122 Å². The molecule has 0 bridgehead atoms. The van der Waals surface area contributed by atoms with Gasteiger partial charge in [0.2, 0.25) is 0 Å². The molecular formula is C27H48O10. The highest BCUT2D eigenvalue weighted by Crippen LogP contribution is 2.20. The third kappa shape index (κ3) is 18.8. The number of carbonyl (C=O) groups excluding carboxylic acids is 3. The SMILES string of the molecule is CCCCCCCCCCCCCCCCCCOC(=O)CC(O)(CC(=O)O)C(=O)OC(=O)C(O)CO. The minimum Gasteiger partial charge on any atom is -0.481 e. The molecule has 0 radical (unpaired) electrons.